The van der Waals surface area contributed by atoms with Crippen LogP contribution in [0.3, 0.4) is 0 Å². The van der Waals surface area contributed by atoms with E-state index in [4.69, 9.17) is 0 Å². The third-order valence-electron chi connectivity index (χ3n) is 4.25. The minimum atomic E-state index is 0.172. The van der Waals surface area contributed by atoms with E-state index < -0.39 is 0 Å². The van der Waals surface area contributed by atoms with E-state index in [1.54, 1.807) is 0 Å². The summed E-state index contributed by atoms with van der Waals surface area (Å²) in [6.07, 6.45) is 8.41. The van der Waals surface area contributed by atoms with Crippen LogP contribution in [0.1, 0.15) is 61.9 Å². The number of aromatic amines is 1. The van der Waals surface area contributed by atoms with Crippen molar-refractivity contribution in [1.29, 1.82) is 0 Å². The third-order valence-corrected chi connectivity index (χ3v) is 4.25. The highest BCUT2D eigenvalue weighted by molar-refractivity contribution is 5.75. The molecule has 1 aliphatic rings. The molecule has 1 fully saturated rings. The number of nitrogens with one attached hydrogen (secondary N) is 2. The first kappa shape index (κ1) is 14.1. The normalized spacial score (nSPS) is 16.5. The Morgan fingerprint density at radius 2 is 2.05 bits per heavy atom. The molecular weight excluding hydrogens is 238 g/mol. The van der Waals surface area contributed by atoms with Crippen molar-refractivity contribution in [2.45, 2.75) is 65.3 Å². The van der Waals surface area contributed by atoms with Gasteiger partial charge in [-0.2, -0.15) is 5.10 Å². The Morgan fingerprint density at radius 1 is 1.32 bits per heavy atom. The number of aryl methyl sites for hydroxylation is 2. The highest BCUT2D eigenvalue weighted by Gasteiger charge is 2.15. The van der Waals surface area contributed by atoms with E-state index in [9.17, 15) is 4.79 Å². The van der Waals surface area contributed by atoms with Crippen LogP contribution >= 0.6 is 0 Å². The maximum atomic E-state index is 11.9. The lowest BCUT2D eigenvalue weighted by molar-refractivity contribution is -0.121. The van der Waals surface area contributed by atoms with E-state index in [0.717, 1.165) is 29.3 Å². The van der Waals surface area contributed by atoms with Gasteiger partial charge in [0.05, 0.1) is 5.69 Å². The molecule has 0 bridgehead atoms. The Hall–Kier alpha value is -1.32. The molecule has 1 amide bonds. The molecular formula is C15H25N3O. The van der Waals surface area contributed by atoms with E-state index in [1.807, 2.05) is 13.8 Å². The number of H-pyrrole nitrogens is 1. The van der Waals surface area contributed by atoms with Crippen LogP contribution in [0.2, 0.25) is 0 Å². The number of carbonyl (C=O) groups is 1. The lowest BCUT2D eigenvalue weighted by Crippen LogP contribution is -2.24. The average Bonchev–Trinajstić information content (AvgIpc) is 2.75. The van der Waals surface area contributed by atoms with Crippen LogP contribution < -0.4 is 5.32 Å². The van der Waals surface area contributed by atoms with Crippen LogP contribution in [-0.4, -0.2) is 16.1 Å². The maximum Gasteiger partial charge on any atom is 0.220 e. The standard InChI is InChI=1S/C15H25N3O/c1-11-14(12(2)18-17-11)10-16-15(19)9-8-13-6-4-3-5-7-13/h13H,3-10H2,1-2H3,(H,16,19)(H,17,18). The van der Waals surface area contributed by atoms with Crippen LogP contribution in [-0.2, 0) is 11.3 Å². The van der Waals surface area contributed by atoms with Crippen molar-refractivity contribution in [2.24, 2.45) is 5.92 Å². The number of hydrogen-bond acceptors (Lipinski definition) is 2. The van der Waals surface area contributed by atoms with Gasteiger partial charge in [-0.1, -0.05) is 32.1 Å². The summed E-state index contributed by atoms with van der Waals surface area (Å²) in [5, 5.41) is 10.1. The second-order valence-electron chi connectivity index (χ2n) is 5.73. The predicted octanol–water partition coefficient (Wildman–Crippen LogP) is 3.00. The molecule has 4 nitrogen and oxygen atoms in total. The van der Waals surface area contributed by atoms with Gasteiger partial charge in [0.25, 0.3) is 0 Å². The Labute approximate surface area is 115 Å². The van der Waals surface area contributed by atoms with Crippen molar-refractivity contribution in [3.05, 3.63) is 17.0 Å². The fourth-order valence-electron chi connectivity index (χ4n) is 2.92. The SMILES string of the molecule is Cc1n[nH]c(C)c1CNC(=O)CCC1CCCCC1. The van der Waals surface area contributed by atoms with Crippen LogP contribution in [0.5, 0.6) is 0 Å². The number of carbonyl (C=O) groups excluding carboxylic acids is 1. The summed E-state index contributed by atoms with van der Waals surface area (Å²) in [5.74, 6) is 0.947. The number of aromatic nitrogens is 2. The smallest absolute Gasteiger partial charge is 0.220 e. The van der Waals surface area contributed by atoms with Crippen LogP contribution in [0.25, 0.3) is 0 Å². The summed E-state index contributed by atoms with van der Waals surface area (Å²) in [4.78, 5) is 11.9. The Morgan fingerprint density at radius 3 is 2.68 bits per heavy atom. The largest absolute Gasteiger partial charge is 0.352 e. The van der Waals surface area contributed by atoms with Crippen LogP contribution in [0.15, 0.2) is 0 Å². The zero-order valence-corrected chi connectivity index (χ0v) is 12.1. The van der Waals surface area contributed by atoms with Crippen molar-refractivity contribution in [3.8, 4) is 0 Å². The molecule has 0 saturated heterocycles. The van der Waals surface area contributed by atoms with Gasteiger partial charge in [-0.05, 0) is 26.2 Å². The molecule has 2 rings (SSSR count). The Kier molecular flexibility index (Phi) is 5.00. The molecule has 19 heavy (non-hydrogen) atoms. The van der Waals surface area contributed by atoms with E-state index in [1.165, 1.54) is 32.1 Å². The molecule has 1 aliphatic carbocycles. The van der Waals surface area contributed by atoms with Gasteiger partial charge in [-0.25, -0.2) is 0 Å². The Bertz CT molecular complexity index is 400. The second-order valence-corrected chi connectivity index (χ2v) is 5.73. The first-order chi connectivity index (χ1) is 9.16. The van der Waals surface area contributed by atoms with Gasteiger partial charge in [-0.3, -0.25) is 9.89 Å². The molecule has 1 aromatic heterocycles. The zero-order chi connectivity index (χ0) is 13.7. The topological polar surface area (TPSA) is 57.8 Å². The molecule has 1 aromatic rings. The van der Waals surface area contributed by atoms with Gasteiger partial charge in [0.15, 0.2) is 0 Å². The molecule has 106 valence electrons. The molecule has 1 heterocycles. The predicted molar refractivity (Wildman–Crippen MR) is 75.7 cm³/mol. The minimum Gasteiger partial charge on any atom is -0.352 e. The summed E-state index contributed by atoms with van der Waals surface area (Å²) < 4.78 is 0. The lowest BCUT2D eigenvalue weighted by Gasteiger charge is -2.20. The Balaban J connectivity index is 1.69. The highest BCUT2D eigenvalue weighted by atomic mass is 16.1. The van der Waals surface area contributed by atoms with Crippen molar-refractivity contribution >= 4 is 5.91 Å². The van der Waals surface area contributed by atoms with Gasteiger partial charge in [0.1, 0.15) is 0 Å². The van der Waals surface area contributed by atoms with E-state index in [2.05, 4.69) is 15.5 Å². The van der Waals surface area contributed by atoms with Crippen molar-refractivity contribution < 1.29 is 4.79 Å². The molecule has 0 spiro atoms. The van der Waals surface area contributed by atoms with Crippen LogP contribution in [0, 0.1) is 19.8 Å². The van der Waals surface area contributed by atoms with E-state index >= 15 is 0 Å². The zero-order valence-electron chi connectivity index (χ0n) is 12.1. The highest BCUT2D eigenvalue weighted by Crippen LogP contribution is 2.27. The average molecular weight is 263 g/mol. The second kappa shape index (κ2) is 6.73. The summed E-state index contributed by atoms with van der Waals surface area (Å²) >= 11 is 0. The molecule has 0 atom stereocenters. The van der Waals surface area contributed by atoms with Gasteiger partial charge < -0.3 is 5.32 Å². The monoisotopic (exact) mass is 263 g/mol. The first-order valence-electron chi connectivity index (χ1n) is 7.44. The lowest BCUT2D eigenvalue weighted by atomic mass is 9.86. The molecule has 0 radical (unpaired) electrons. The number of amides is 1. The van der Waals surface area contributed by atoms with E-state index in [-0.39, 0.29) is 5.91 Å². The van der Waals surface area contributed by atoms with Crippen molar-refractivity contribution in [3.63, 3.8) is 0 Å². The minimum absolute atomic E-state index is 0.172. The molecule has 0 aromatic carbocycles. The summed E-state index contributed by atoms with van der Waals surface area (Å²) in [7, 11) is 0. The summed E-state index contributed by atoms with van der Waals surface area (Å²) in [6.45, 7) is 4.55. The number of nitrogens with zero attached hydrogens (tertiary/aromatic N) is 1. The quantitative estimate of drug-likeness (QED) is 0.858. The first-order valence-corrected chi connectivity index (χ1v) is 7.44. The third kappa shape index (κ3) is 4.08. The fourth-order valence-corrected chi connectivity index (χ4v) is 2.92. The summed E-state index contributed by atoms with van der Waals surface area (Å²) in [6, 6.07) is 0. The van der Waals surface area contributed by atoms with Crippen LogP contribution in [0.4, 0.5) is 0 Å². The fraction of sp³-hybridized carbons (Fsp3) is 0.733. The molecule has 0 aliphatic heterocycles. The number of hydrogen-bond donors (Lipinski definition) is 2. The maximum absolute atomic E-state index is 11.9. The molecule has 4 heteroatoms. The van der Waals surface area contributed by atoms with Gasteiger partial charge in [0, 0.05) is 24.2 Å². The number of rotatable bonds is 5. The molecule has 2 N–H and O–H groups in total. The van der Waals surface area contributed by atoms with Gasteiger partial charge in [-0.15, -0.1) is 0 Å². The summed E-state index contributed by atoms with van der Waals surface area (Å²) in [5.41, 5.74) is 3.14. The van der Waals surface area contributed by atoms with Crippen molar-refractivity contribution in [2.75, 3.05) is 0 Å². The van der Waals surface area contributed by atoms with Gasteiger partial charge in [0.2, 0.25) is 5.91 Å². The molecule has 0 unspecified atom stereocenters. The molecule has 1 saturated carbocycles. The van der Waals surface area contributed by atoms with Crippen molar-refractivity contribution in [1.82, 2.24) is 15.5 Å². The van der Waals surface area contributed by atoms with Gasteiger partial charge >= 0.3 is 0 Å². The van der Waals surface area contributed by atoms with E-state index in [0.29, 0.717) is 13.0 Å².